The number of ether oxygens (including phenoxy) is 2. The summed E-state index contributed by atoms with van der Waals surface area (Å²) in [6, 6.07) is 11.3. The van der Waals surface area contributed by atoms with Gasteiger partial charge in [0.1, 0.15) is 11.3 Å². The van der Waals surface area contributed by atoms with Gasteiger partial charge in [0.15, 0.2) is 5.65 Å². The third kappa shape index (κ3) is 7.86. The molecule has 216 valence electrons. The topological polar surface area (TPSA) is 155 Å². The molecule has 5 rings (SSSR count). The summed E-state index contributed by atoms with van der Waals surface area (Å²) in [5, 5.41) is 17.7. The van der Waals surface area contributed by atoms with Gasteiger partial charge in [0.25, 0.3) is 0 Å². The predicted octanol–water partition coefficient (Wildman–Crippen LogP) is 3.23. The Bertz CT molecular complexity index is 1430. The summed E-state index contributed by atoms with van der Waals surface area (Å²) in [6.07, 6.45) is 2.91. The minimum atomic E-state index is -0.590. The van der Waals surface area contributed by atoms with Gasteiger partial charge in [-0.25, -0.2) is 19.7 Å². The molecular weight excluding hydrogens is 524 g/mol. The van der Waals surface area contributed by atoms with E-state index in [1.54, 1.807) is 18.5 Å². The normalized spacial score (nSPS) is 14.9. The molecule has 1 saturated heterocycles. The lowest BCUT2D eigenvalue weighted by Crippen LogP contribution is -2.39. The number of fused-ring (bicyclic) bond motifs is 1. The van der Waals surface area contributed by atoms with Crippen molar-refractivity contribution in [3.05, 3.63) is 54.4 Å². The summed E-state index contributed by atoms with van der Waals surface area (Å²) in [7, 11) is 0. The minimum absolute atomic E-state index is 0.271. The molecule has 0 radical (unpaired) electrons. The van der Waals surface area contributed by atoms with Crippen molar-refractivity contribution in [1.29, 1.82) is 0 Å². The molecule has 1 unspecified atom stereocenters. The summed E-state index contributed by atoms with van der Waals surface area (Å²) in [5.41, 5.74) is 2.21. The second kappa shape index (κ2) is 12.9. The quantitative estimate of drug-likeness (QED) is 0.226. The fourth-order valence-electron chi connectivity index (χ4n) is 4.39. The first-order valence-corrected chi connectivity index (χ1v) is 13.7. The van der Waals surface area contributed by atoms with Crippen LogP contribution in [0.25, 0.3) is 22.4 Å². The summed E-state index contributed by atoms with van der Waals surface area (Å²) in [5.74, 6) is 0.926. The van der Waals surface area contributed by atoms with Crippen LogP contribution < -0.4 is 16.0 Å². The van der Waals surface area contributed by atoms with Crippen LogP contribution in [0.15, 0.2) is 48.8 Å². The Balaban J connectivity index is 1.27. The van der Waals surface area contributed by atoms with Crippen molar-refractivity contribution in [2.75, 3.05) is 56.6 Å². The van der Waals surface area contributed by atoms with Crippen LogP contribution in [0, 0.1) is 0 Å². The molecule has 4 heterocycles. The van der Waals surface area contributed by atoms with Gasteiger partial charge >= 0.3 is 6.09 Å². The highest BCUT2D eigenvalue weighted by atomic mass is 16.6. The number of anilines is 2. The zero-order chi connectivity index (χ0) is 28.7. The Morgan fingerprint density at radius 3 is 2.68 bits per heavy atom. The number of nitrogens with one attached hydrogen (secondary N) is 4. The van der Waals surface area contributed by atoms with Gasteiger partial charge in [-0.15, -0.1) is 0 Å². The van der Waals surface area contributed by atoms with Gasteiger partial charge in [0, 0.05) is 45.1 Å². The fourth-order valence-corrected chi connectivity index (χ4v) is 4.39. The first-order valence-electron chi connectivity index (χ1n) is 13.7. The number of rotatable bonds is 10. The average Bonchev–Trinajstić information content (AvgIpc) is 3.39. The number of carbonyl (C=O) groups is 1. The number of morpholine rings is 1. The zero-order valence-electron chi connectivity index (χ0n) is 23.6. The van der Waals surface area contributed by atoms with Crippen molar-refractivity contribution in [2.45, 2.75) is 32.4 Å². The van der Waals surface area contributed by atoms with Gasteiger partial charge in [-0.1, -0.05) is 30.3 Å². The Labute approximate surface area is 238 Å². The molecule has 1 amide bonds. The Morgan fingerprint density at radius 2 is 1.90 bits per heavy atom. The molecule has 1 atom stereocenters. The molecule has 1 fully saturated rings. The predicted molar refractivity (Wildman–Crippen MR) is 156 cm³/mol. The van der Waals surface area contributed by atoms with E-state index in [0.29, 0.717) is 28.9 Å². The maximum atomic E-state index is 12.3. The second-order valence-electron chi connectivity index (χ2n) is 10.7. The number of hydrogen-bond donors (Lipinski definition) is 4. The van der Waals surface area contributed by atoms with Crippen LogP contribution in [0.3, 0.4) is 0 Å². The highest BCUT2D eigenvalue weighted by Gasteiger charge is 2.20. The molecule has 1 aromatic carbocycles. The number of carbonyl (C=O) groups excluding carboxylic acids is 1. The monoisotopic (exact) mass is 560 g/mol. The Kier molecular flexibility index (Phi) is 8.85. The van der Waals surface area contributed by atoms with Crippen LogP contribution in [0.5, 0.6) is 0 Å². The lowest BCUT2D eigenvalue weighted by Gasteiger charge is -2.26. The zero-order valence-corrected chi connectivity index (χ0v) is 23.6. The van der Waals surface area contributed by atoms with E-state index in [4.69, 9.17) is 14.5 Å². The Hall–Kier alpha value is -4.36. The van der Waals surface area contributed by atoms with E-state index >= 15 is 0 Å². The van der Waals surface area contributed by atoms with E-state index < -0.39 is 11.7 Å². The number of aromatic amines is 1. The third-order valence-electron chi connectivity index (χ3n) is 6.39. The lowest BCUT2D eigenvalue weighted by molar-refractivity contribution is 0.0398. The van der Waals surface area contributed by atoms with Gasteiger partial charge in [-0.3, -0.25) is 10.00 Å². The molecule has 1 aliphatic rings. The third-order valence-corrected chi connectivity index (χ3v) is 6.39. The molecular formula is C28H36N10O3. The standard InChI is InChI=1S/C28H36N10O3/c1-28(2,3)41-27(39)32-18-22(19-7-5-4-6-8-19)34-26-29-10-9-21(33-26)23-20-17-31-25(35-24(20)37-36-23)30-11-12-38-13-15-40-16-14-38/h4-10,17,22H,11-16,18H2,1-3H3,(H,32,39)(H,29,33,34)(H2,30,31,35,36,37). The van der Waals surface area contributed by atoms with Gasteiger partial charge < -0.3 is 25.4 Å². The van der Waals surface area contributed by atoms with Crippen molar-refractivity contribution in [1.82, 2.24) is 40.3 Å². The second-order valence-corrected chi connectivity index (χ2v) is 10.7. The number of alkyl carbamates (subject to hydrolysis) is 1. The number of nitrogens with zero attached hydrogens (tertiary/aromatic N) is 6. The van der Waals surface area contributed by atoms with Crippen molar-refractivity contribution < 1.29 is 14.3 Å². The van der Waals surface area contributed by atoms with E-state index in [0.717, 1.165) is 50.3 Å². The molecule has 1 aliphatic heterocycles. The van der Waals surface area contributed by atoms with Crippen molar-refractivity contribution in [3.8, 4) is 11.4 Å². The maximum Gasteiger partial charge on any atom is 0.407 e. The van der Waals surface area contributed by atoms with Gasteiger partial charge in [-0.2, -0.15) is 10.1 Å². The molecule has 4 N–H and O–H groups in total. The molecule has 0 saturated carbocycles. The van der Waals surface area contributed by atoms with Crippen molar-refractivity contribution in [2.24, 2.45) is 0 Å². The molecule has 13 heteroatoms. The summed E-state index contributed by atoms with van der Waals surface area (Å²) >= 11 is 0. The molecule has 0 bridgehead atoms. The van der Waals surface area contributed by atoms with Crippen LogP contribution in [0.2, 0.25) is 0 Å². The summed E-state index contributed by atoms with van der Waals surface area (Å²) in [6.45, 7) is 10.8. The highest BCUT2D eigenvalue weighted by Crippen LogP contribution is 2.25. The van der Waals surface area contributed by atoms with E-state index in [1.165, 1.54) is 0 Å². The van der Waals surface area contributed by atoms with Gasteiger partial charge in [0.05, 0.1) is 30.3 Å². The SMILES string of the molecule is CC(C)(C)OC(=O)NCC(Nc1nccc(-c2n[nH]c3nc(NCCN4CCOCC4)ncc23)n1)c1ccccc1. The van der Waals surface area contributed by atoms with Gasteiger partial charge in [-0.05, 0) is 32.4 Å². The van der Waals surface area contributed by atoms with Gasteiger partial charge in [0.2, 0.25) is 11.9 Å². The first kappa shape index (κ1) is 28.2. The first-order chi connectivity index (χ1) is 19.8. The molecule has 41 heavy (non-hydrogen) atoms. The summed E-state index contributed by atoms with van der Waals surface area (Å²) in [4.78, 5) is 32.8. The lowest BCUT2D eigenvalue weighted by atomic mass is 10.1. The molecule has 13 nitrogen and oxygen atoms in total. The Morgan fingerprint density at radius 1 is 1.10 bits per heavy atom. The van der Waals surface area contributed by atoms with Crippen LogP contribution in [-0.2, 0) is 9.47 Å². The highest BCUT2D eigenvalue weighted by molar-refractivity contribution is 5.89. The van der Waals surface area contributed by atoms with Crippen molar-refractivity contribution in [3.63, 3.8) is 0 Å². The molecule has 4 aromatic rings. The van der Waals surface area contributed by atoms with Crippen LogP contribution >= 0.6 is 0 Å². The molecule has 0 spiro atoms. The van der Waals surface area contributed by atoms with Crippen LogP contribution in [0.4, 0.5) is 16.7 Å². The van der Waals surface area contributed by atoms with Crippen molar-refractivity contribution >= 4 is 29.0 Å². The van der Waals surface area contributed by atoms with E-state index in [2.05, 4.69) is 46.0 Å². The average molecular weight is 561 g/mol. The van der Waals surface area contributed by atoms with Crippen LogP contribution in [0.1, 0.15) is 32.4 Å². The number of H-pyrrole nitrogens is 1. The molecule has 0 aliphatic carbocycles. The fraction of sp³-hybridized carbons (Fsp3) is 0.429. The largest absolute Gasteiger partial charge is 0.444 e. The van der Waals surface area contributed by atoms with E-state index in [9.17, 15) is 4.79 Å². The van der Waals surface area contributed by atoms with E-state index in [-0.39, 0.29) is 12.6 Å². The van der Waals surface area contributed by atoms with E-state index in [1.807, 2.05) is 51.1 Å². The number of amides is 1. The van der Waals surface area contributed by atoms with Crippen LogP contribution in [-0.4, -0.2) is 92.7 Å². The summed E-state index contributed by atoms with van der Waals surface area (Å²) < 4.78 is 10.8. The number of benzene rings is 1. The number of hydrogen-bond acceptors (Lipinski definition) is 11. The smallest absolute Gasteiger partial charge is 0.407 e. The number of aromatic nitrogens is 6. The minimum Gasteiger partial charge on any atom is -0.444 e. The molecule has 3 aromatic heterocycles. The maximum absolute atomic E-state index is 12.3.